The van der Waals surface area contributed by atoms with E-state index in [-0.39, 0.29) is 17.7 Å². The molecule has 2 rings (SSSR count). The molecule has 2 N–H and O–H groups in total. The molecular weight excluding hydrogens is 266 g/mol. The number of benzene rings is 1. The van der Waals surface area contributed by atoms with Gasteiger partial charge in [0.2, 0.25) is 5.91 Å². The molecule has 114 valence electrons. The molecule has 1 atom stereocenters. The molecular formula is C16H23N3O2. The summed E-state index contributed by atoms with van der Waals surface area (Å²) in [6.07, 6.45) is 0. The van der Waals surface area contributed by atoms with Crippen LogP contribution in [0.3, 0.4) is 0 Å². The zero-order valence-corrected chi connectivity index (χ0v) is 12.7. The molecule has 21 heavy (non-hydrogen) atoms. The molecule has 1 aromatic rings. The van der Waals surface area contributed by atoms with Crippen LogP contribution in [-0.2, 0) is 4.79 Å². The number of piperazine rings is 1. The molecule has 0 spiro atoms. The second-order valence-corrected chi connectivity index (χ2v) is 5.75. The Bertz CT molecular complexity index is 494. The summed E-state index contributed by atoms with van der Waals surface area (Å²) in [4.78, 5) is 28.1. The molecule has 1 aliphatic rings. The van der Waals surface area contributed by atoms with Crippen molar-refractivity contribution in [2.45, 2.75) is 19.9 Å². The smallest absolute Gasteiger partial charge is 0.253 e. The van der Waals surface area contributed by atoms with Gasteiger partial charge in [0.1, 0.15) is 0 Å². The number of hydrogen-bond acceptors (Lipinski definition) is 3. The second-order valence-electron chi connectivity index (χ2n) is 5.75. The lowest BCUT2D eigenvalue weighted by molar-refractivity contribution is -0.135. The molecule has 0 bridgehead atoms. The predicted molar refractivity (Wildman–Crippen MR) is 81.7 cm³/mol. The van der Waals surface area contributed by atoms with Crippen LogP contribution in [0.25, 0.3) is 0 Å². The second kappa shape index (κ2) is 6.72. The van der Waals surface area contributed by atoms with Crippen LogP contribution in [0.1, 0.15) is 24.2 Å². The summed E-state index contributed by atoms with van der Waals surface area (Å²) in [7, 11) is 0. The Balaban J connectivity index is 1.92. The predicted octanol–water partition coefficient (Wildman–Crippen LogP) is 0.954. The first-order valence-electron chi connectivity index (χ1n) is 7.39. The van der Waals surface area contributed by atoms with Crippen LogP contribution in [0.2, 0.25) is 0 Å². The van der Waals surface area contributed by atoms with Crippen LogP contribution in [0, 0.1) is 5.92 Å². The van der Waals surface area contributed by atoms with Crippen LogP contribution < -0.4 is 5.73 Å². The van der Waals surface area contributed by atoms with Crippen LogP contribution in [-0.4, -0.2) is 53.8 Å². The van der Waals surface area contributed by atoms with Gasteiger partial charge >= 0.3 is 0 Å². The number of rotatable bonds is 3. The van der Waals surface area contributed by atoms with Crippen molar-refractivity contribution >= 4 is 11.8 Å². The number of carbonyl (C=O) groups excluding carboxylic acids is 2. The molecule has 0 saturated carbocycles. The van der Waals surface area contributed by atoms with E-state index in [9.17, 15) is 9.59 Å². The number of nitrogens with two attached hydrogens (primary N) is 1. The van der Waals surface area contributed by atoms with Crippen molar-refractivity contribution in [2.24, 2.45) is 11.7 Å². The molecule has 0 radical (unpaired) electrons. The summed E-state index contributed by atoms with van der Waals surface area (Å²) in [5.41, 5.74) is 6.60. The Labute approximate surface area is 125 Å². The molecule has 0 aliphatic carbocycles. The maximum Gasteiger partial charge on any atom is 0.253 e. The molecule has 2 amide bonds. The zero-order valence-electron chi connectivity index (χ0n) is 12.7. The Morgan fingerprint density at radius 3 is 2.05 bits per heavy atom. The van der Waals surface area contributed by atoms with Crippen molar-refractivity contribution < 1.29 is 9.59 Å². The first-order chi connectivity index (χ1) is 10.0. The highest BCUT2D eigenvalue weighted by Gasteiger charge is 2.28. The van der Waals surface area contributed by atoms with Gasteiger partial charge in [0, 0.05) is 31.7 Å². The van der Waals surface area contributed by atoms with Crippen LogP contribution in [0.15, 0.2) is 30.3 Å². The molecule has 1 saturated heterocycles. The lowest BCUT2D eigenvalue weighted by atomic mass is 10.0. The molecule has 1 fully saturated rings. The van der Waals surface area contributed by atoms with Gasteiger partial charge in [-0.3, -0.25) is 9.59 Å². The van der Waals surface area contributed by atoms with Crippen molar-refractivity contribution in [3.8, 4) is 0 Å². The number of carbonyl (C=O) groups is 2. The quantitative estimate of drug-likeness (QED) is 0.901. The van der Waals surface area contributed by atoms with Gasteiger partial charge in [-0.15, -0.1) is 0 Å². The Morgan fingerprint density at radius 2 is 1.52 bits per heavy atom. The largest absolute Gasteiger partial charge is 0.338 e. The van der Waals surface area contributed by atoms with Gasteiger partial charge in [0.25, 0.3) is 5.91 Å². The van der Waals surface area contributed by atoms with Crippen LogP contribution >= 0.6 is 0 Å². The summed E-state index contributed by atoms with van der Waals surface area (Å²) >= 11 is 0. The third-order valence-electron chi connectivity index (χ3n) is 3.90. The van der Waals surface area contributed by atoms with E-state index >= 15 is 0 Å². The molecule has 5 nitrogen and oxygen atoms in total. The average Bonchev–Trinajstić information content (AvgIpc) is 2.53. The number of nitrogens with zero attached hydrogens (tertiary/aromatic N) is 2. The van der Waals surface area contributed by atoms with E-state index in [1.165, 1.54) is 0 Å². The van der Waals surface area contributed by atoms with Crippen LogP contribution in [0.5, 0.6) is 0 Å². The number of amides is 2. The van der Waals surface area contributed by atoms with Gasteiger partial charge in [-0.05, 0) is 18.1 Å². The minimum absolute atomic E-state index is 0.0168. The Hall–Kier alpha value is -1.88. The third-order valence-corrected chi connectivity index (χ3v) is 3.90. The van der Waals surface area contributed by atoms with Gasteiger partial charge < -0.3 is 15.5 Å². The highest BCUT2D eigenvalue weighted by molar-refractivity contribution is 5.94. The van der Waals surface area contributed by atoms with Gasteiger partial charge in [0.15, 0.2) is 0 Å². The first-order valence-corrected chi connectivity index (χ1v) is 7.39. The zero-order chi connectivity index (χ0) is 15.4. The van der Waals surface area contributed by atoms with Gasteiger partial charge in [-0.2, -0.15) is 0 Å². The van der Waals surface area contributed by atoms with Crippen molar-refractivity contribution in [2.75, 3.05) is 26.2 Å². The van der Waals surface area contributed by atoms with Crippen molar-refractivity contribution in [3.05, 3.63) is 35.9 Å². The van der Waals surface area contributed by atoms with Crippen LogP contribution in [0.4, 0.5) is 0 Å². The lowest BCUT2D eigenvalue weighted by Crippen LogP contribution is -2.55. The molecule has 5 heteroatoms. The van der Waals surface area contributed by atoms with E-state index in [1.54, 1.807) is 9.80 Å². The fourth-order valence-electron chi connectivity index (χ4n) is 2.39. The Kier molecular flexibility index (Phi) is 4.96. The highest BCUT2D eigenvalue weighted by atomic mass is 16.2. The normalized spacial score (nSPS) is 17.0. The van der Waals surface area contributed by atoms with E-state index in [1.807, 2.05) is 44.2 Å². The fourth-order valence-corrected chi connectivity index (χ4v) is 2.39. The Morgan fingerprint density at radius 1 is 1.00 bits per heavy atom. The third kappa shape index (κ3) is 3.61. The van der Waals surface area contributed by atoms with Gasteiger partial charge in [-0.25, -0.2) is 0 Å². The minimum atomic E-state index is -0.457. The topological polar surface area (TPSA) is 66.6 Å². The van der Waals surface area contributed by atoms with E-state index < -0.39 is 6.04 Å². The standard InChI is InChI=1S/C16H23N3O2/c1-12(2)14(17)16(21)19-10-8-18(9-11-19)15(20)13-6-4-3-5-7-13/h3-7,12,14H,8-11,17H2,1-2H3/t14-/m1/s1. The molecule has 1 heterocycles. The van der Waals surface area contributed by atoms with E-state index in [0.717, 1.165) is 0 Å². The minimum Gasteiger partial charge on any atom is -0.338 e. The average molecular weight is 289 g/mol. The summed E-state index contributed by atoms with van der Waals surface area (Å²) in [5, 5.41) is 0. The molecule has 0 aromatic heterocycles. The van der Waals surface area contributed by atoms with E-state index in [2.05, 4.69) is 0 Å². The highest BCUT2D eigenvalue weighted by Crippen LogP contribution is 2.11. The van der Waals surface area contributed by atoms with E-state index in [0.29, 0.717) is 31.7 Å². The van der Waals surface area contributed by atoms with Crippen molar-refractivity contribution in [1.82, 2.24) is 9.80 Å². The molecule has 1 aliphatic heterocycles. The van der Waals surface area contributed by atoms with Gasteiger partial charge in [-0.1, -0.05) is 32.0 Å². The SMILES string of the molecule is CC(C)[C@@H](N)C(=O)N1CCN(C(=O)c2ccccc2)CC1. The van der Waals surface area contributed by atoms with Crippen molar-refractivity contribution in [1.29, 1.82) is 0 Å². The molecule has 0 unspecified atom stereocenters. The first kappa shape index (κ1) is 15.5. The summed E-state index contributed by atoms with van der Waals surface area (Å²) in [6.45, 7) is 6.11. The number of hydrogen-bond donors (Lipinski definition) is 1. The molecule has 1 aromatic carbocycles. The monoisotopic (exact) mass is 289 g/mol. The maximum atomic E-state index is 12.3. The maximum absolute atomic E-state index is 12.3. The summed E-state index contributed by atoms with van der Waals surface area (Å²) < 4.78 is 0. The fraction of sp³-hybridized carbons (Fsp3) is 0.500. The summed E-state index contributed by atoms with van der Waals surface area (Å²) in [6, 6.07) is 8.77. The summed E-state index contributed by atoms with van der Waals surface area (Å²) in [5.74, 6) is 0.133. The van der Waals surface area contributed by atoms with Crippen molar-refractivity contribution in [3.63, 3.8) is 0 Å². The lowest BCUT2D eigenvalue weighted by Gasteiger charge is -2.36. The van der Waals surface area contributed by atoms with E-state index in [4.69, 9.17) is 5.73 Å². The van der Waals surface area contributed by atoms with Gasteiger partial charge in [0.05, 0.1) is 6.04 Å².